The molecule has 2 heteroatoms. The molecule has 2 rings (SSSR count). The maximum absolute atomic E-state index is 5.67. The number of ether oxygens (including phenoxy) is 1. The zero-order chi connectivity index (χ0) is 12.8. The number of nitrogens with one attached hydrogen (secondary N) is 1. The average Bonchev–Trinajstić information content (AvgIpc) is 2.36. The number of benzene rings is 1. The van der Waals surface area contributed by atoms with E-state index in [-0.39, 0.29) is 0 Å². The zero-order valence-corrected chi connectivity index (χ0v) is 11.7. The minimum Gasteiger partial charge on any atom is -0.494 e. The van der Waals surface area contributed by atoms with Crippen LogP contribution in [0, 0.1) is 0 Å². The predicted octanol–water partition coefficient (Wildman–Crippen LogP) is 3.90. The summed E-state index contributed by atoms with van der Waals surface area (Å²) in [7, 11) is 0. The van der Waals surface area contributed by atoms with Gasteiger partial charge in [-0.3, -0.25) is 0 Å². The fourth-order valence-electron chi connectivity index (χ4n) is 2.51. The van der Waals surface area contributed by atoms with Crippen LogP contribution in [-0.2, 0) is 6.54 Å². The van der Waals surface area contributed by atoms with E-state index in [2.05, 4.69) is 37.4 Å². The number of hydrogen-bond acceptors (Lipinski definition) is 2. The van der Waals surface area contributed by atoms with Crippen LogP contribution in [0.1, 0.15) is 51.5 Å². The third-order valence-corrected chi connectivity index (χ3v) is 4.03. The summed E-state index contributed by atoms with van der Waals surface area (Å²) in [5, 5.41) is 3.73. The smallest absolute Gasteiger partial charge is 0.119 e. The highest BCUT2D eigenvalue weighted by Crippen LogP contribution is 2.34. The molecule has 0 aromatic heterocycles. The first-order valence-electron chi connectivity index (χ1n) is 7.25. The summed E-state index contributed by atoms with van der Waals surface area (Å²) >= 11 is 0. The molecule has 1 saturated carbocycles. The van der Waals surface area contributed by atoms with Gasteiger partial charge in [-0.25, -0.2) is 0 Å². The molecule has 0 unspecified atom stereocenters. The fourth-order valence-corrected chi connectivity index (χ4v) is 2.51. The average molecular weight is 247 g/mol. The van der Waals surface area contributed by atoms with Crippen LogP contribution in [0.25, 0.3) is 0 Å². The Balaban J connectivity index is 1.88. The molecule has 1 aromatic carbocycles. The molecule has 1 N–H and O–H groups in total. The van der Waals surface area contributed by atoms with Crippen molar-refractivity contribution in [2.75, 3.05) is 6.61 Å². The standard InChI is InChI=1S/C16H25NO/c1-3-11-18-15-8-5-7-14(12-15)13-17-16(4-2)9-6-10-16/h5,7-8,12,17H,3-4,6,9-11,13H2,1-2H3. The lowest BCUT2D eigenvalue weighted by atomic mass is 9.75. The predicted molar refractivity (Wildman–Crippen MR) is 75.9 cm³/mol. The van der Waals surface area contributed by atoms with Crippen LogP contribution < -0.4 is 10.1 Å². The van der Waals surface area contributed by atoms with Crippen molar-refractivity contribution in [2.24, 2.45) is 0 Å². The monoisotopic (exact) mass is 247 g/mol. The SMILES string of the molecule is CCCOc1cccc(CNC2(CC)CCC2)c1. The molecule has 0 saturated heterocycles. The second-order valence-corrected chi connectivity index (χ2v) is 5.34. The van der Waals surface area contributed by atoms with Crippen molar-refractivity contribution >= 4 is 0 Å². The van der Waals surface area contributed by atoms with Gasteiger partial charge in [0, 0.05) is 12.1 Å². The maximum Gasteiger partial charge on any atom is 0.119 e. The van der Waals surface area contributed by atoms with Crippen molar-refractivity contribution in [3.05, 3.63) is 29.8 Å². The minimum atomic E-state index is 0.417. The Morgan fingerprint density at radius 3 is 2.72 bits per heavy atom. The molecule has 0 aliphatic heterocycles. The summed E-state index contributed by atoms with van der Waals surface area (Å²) in [6.45, 7) is 6.17. The molecule has 1 aliphatic carbocycles. The highest BCUT2D eigenvalue weighted by atomic mass is 16.5. The van der Waals surface area contributed by atoms with Gasteiger partial charge < -0.3 is 10.1 Å². The highest BCUT2D eigenvalue weighted by Gasteiger charge is 2.34. The second kappa shape index (κ2) is 6.24. The lowest BCUT2D eigenvalue weighted by Crippen LogP contribution is -2.49. The molecular weight excluding hydrogens is 222 g/mol. The Labute approximate surface area is 111 Å². The van der Waals surface area contributed by atoms with E-state index in [1.54, 1.807) is 0 Å². The van der Waals surface area contributed by atoms with Crippen molar-refractivity contribution in [3.8, 4) is 5.75 Å². The van der Waals surface area contributed by atoms with Gasteiger partial charge in [0.25, 0.3) is 0 Å². The van der Waals surface area contributed by atoms with Gasteiger partial charge in [-0.1, -0.05) is 26.0 Å². The Morgan fingerprint density at radius 2 is 2.11 bits per heavy atom. The molecule has 1 fully saturated rings. The minimum absolute atomic E-state index is 0.417. The molecule has 0 atom stereocenters. The second-order valence-electron chi connectivity index (χ2n) is 5.34. The molecule has 1 aliphatic rings. The summed E-state index contributed by atoms with van der Waals surface area (Å²) in [5.41, 5.74) is 1.74. The highest BCUT2D eigenvalue weighted by molar-refractivity contribution is 5.28. The third kappa shape index (κ3) is 3.26. The summed E-state index contributed by atoms with van der Waals surface area (Å²) in [4.78, 5) is 0. The summed E-state index contributed by atoms with van der Waals surface area (Å²) in [6, 6.07) is 8.46. The number of hydrogen-bond donors (Lipinski definition) is 1. The molecule has 0 spiro atoms. The van der Waals surface area contributed by atoms with Gasteiger partial charge in [0.1, 0.15) is 5.75 Å². The van der Waals surface area contributed by atoms with E-state index in [9.17, 15) is 0 Å². The van der Waals surface area contributed by atoms with E-state index >= 15 is 0 Å². The van der Waals surface area contributed by atoms with Crippen LogP contribution in [0.3, 0.4) is 0 Å². The molecule has 1 aromatic rings. The van der Waals surface area contributed by atoms with Crippen LogP contribution in [0.5, 0.6) is 5.75 Å². The molecule has 0 amide bonds. The lowest BCUT2D eigenvalue weighted by Gasteiger charge is -2.42. The Bertz CT molecular complexity index is 366. The van der Waals surface area contributed by atoms with E-state index in [0.717, 1.165) is 25.3 Å². The Morgan fingerprint density at radius 1 is 1.28 bits per heavy atom. The molecule has 0 bridgehead atoms. The van der Waals surface area contributed by atoms with Crippen molar-refractivity contribution < 1.29 is 4.74 Å². The van der Waals surface area contributed by atoms with Crippen molar-refractivity contribution in [3.63, 3.8) is 0 Å². The molecule has 0 radical (unpaired) electrons. The Kier molecular flexibility index (Phi) is 4.65. The van der Waals surface area contributed by atoms with Gasteiger partial charge in [-0.15, -0.1) is 0 Å². The van der Waals surface area contributed by atoms with Crippen molar-refractivity contribution in [1.82, 2.24) is 5.32 Å². The lowest BCUT2D eigenvalue weighted by molar-refractivity contribution is 0.175. The quantitative estimate of drug-likeness (QED) is 0.789. The van der Waals surface area contributed by atoms with Crippen molar-refractivity contribution in [1.29, 1.82) is 0 Å². The summed E-state index contributed by atoms with van der Waals surface area (Å²) in [6.07, 6.45) is 6.33. The van der Waals surface area contributed by atoms with Crippen LogP contribution in [0.2, 0.25) is 0 Å². The van der Waals surface area contributed by atoms with Gasteiger partial charge in [-0.2, -0.15) is 0 Å². The van der Waals surface area contributed by atoms with Gasteiger partial charge in [0.15, 0.2) is 0 Å². The largest absolute Gasteiger partial charge is 0.494 e. The van der Waals surface area contributed by atoms with Gasteiger partial charge >= 0.3 is 0 Å². The van der Waals surface area contributed by atoms with Crippen LogP contribution in [0.15, 0.2) is 24.3 Å². The van der Waals surface area contributed by atoms with E-state index in [0.29, 0.717) is 5.54 Å². The van der Waals surface area contributed by atoms with E-state index in [1.807, 2.05) is 6.07 Å². The van der Waals surface area contributed by atoms with Crippen LogP contribution >= 0.6 is 0 Å². The van der Waals surface area contributed by atoms with E-state index in [1.165, 1.54) is 31.2 Å². The first-order chi connectivity index (χ1) is 8.78. The molecule has 18 heavy (non-hydrogen) atoms. The van der Waals surface area contributed by atoms with Crippen molar-refractivity contribution in [2.45, 2.75) is 58.0 Å². The fraction of sp³-hybridized carbons (Fsp3) is 0.625. The van der Waals surface area contributed by atoms with Crippen LogP contribution in [-0.4, -0.2) is 12.1 Å². The Hall–Kier alpha value is -1.02. The molecule has 0 heterocycles. The zero-order valence-electron chi connectivity index (χ0n) is 11.7. The van der Waals surface area contributed by atoms with E-state index < -0.39 is 0 Å². The summed E-state index contributed by atoms with van der Waals surface area (Å²) < 4.78 is 5.67. The van der Waals surface area contributed by atoms with Gasteiger partial charge in [0.05, 0.1) is 6.61 Å². The van der Waals surface area contributed by atoms with Gasteiger partial charge in [-0.05, 0) is 49.8 Å². The molecule has 100 valence electrons. The molecular formula is C16H25NO. The topological polar surface area (TPSA) is 21.3 Å². The first-order valence-corrected chi connectivity index (χ1v) is 7.25. The summed E-state index contributed by atoms with van der Waals surface area (Å²) in [5.74, 6) is 0.996. The third-order valence-electron chi connectivity index (χ3n) is 4.03. The molecule has 2 nitrogen and oxygen atoms in total. The first kappa shape index (κ1) is 13.4. The maximum atomic E-state index is 5.67. The van der Waals surface area contributed by atoms with Crippen LogP contribution in [0.4, 0.5) is 0 Å². The number of rotatable bonds is 7. The normalized spacial score (nSPS) is 17.2. The van der Waals surface area contributed by atoms with E-state index in [4.69, 9.17) is 4.74 Å². The van der Waals surface area contributed by atoms with Gasteiger partial charge in [0.2, 0.25) is 0 Å².